The van der Waals surface area contributed by atoms with Crippen molar-refractivity contribution in [2.45, 2.75) is 18.9 Å². The van der Waals surface area contributed by atoms with Gasteiger partial charge in [0.25, 0.3) is 5.91 Å². The van der Waals surface area contributed by atoms with Crippen LogP contribution in [0.2, 0.25) is 0 Å². The predicted molar refractivity (Wildman–Crippen MR) is 94.7 cm³/mol. The van der Waals surface area contributed by atoms with Crippen molar-refractivity contribution >= 4 is 27.8 Å². The molecule has 1 unspecified atom stereocenters. The zero-order valence-corrected chi connectivity index (χ0v) is 15.9. The quantitative estimate of drug-likeness (QED) is 0.736. The van der Waals surface area contributed by atoms with Crippen LogP contribution in [0.1, 0.15) is 11.1 Å². The molecule has 11 heteroatoms. The van der Waals surface area contributed by atoms with Gasteiger partial charge in [0.15, 0.2) is 5.75 Å². The molecule has 0 spiro atoms. The first-order valence-corrected chi connectivity index (χ1v) is 8.91. The van der Waals surface area contributed by atoms with Gasteiger partial charge in [-0.3, -0.25) is 9.69 Å². The van der Waals surface area contributed by atoms with Crippen LogP contribution in [0.15, 0.2) is 35.1 Å². The van der Waals surface area contributed by atoms with Crippen molar-refractivity contribution in [2.24, 2.45) is 0 Å². The molecule has 7 nitrogen and oxygen atoms in total. The molecule has 28 heavy (non-hydrogen) atoms. The maximum atomic E-state index is 13.1. The van der Waals surface area contributed by atoms with E-state index in [0.717, 1.165) is 6.07 Å². The lowest BCUT2D eigenvalue weighted by Gasteiger charge is -2.30. The molecule has 1 N–H and O–H groups in total. The summed E-state index contributed by atoms with van der Waals surface area (Å²) in [7, 11) is 0. The number of hydrogen-bond donors (Lipinski definition) is 1. The Morgan fingerprint density at radius 3 is 2.68 bits per heavy atom. The van der Waals surface area contributed by atoms with Gasteiger partial charge in [-0.1, -0.05) is 22.0 Å². The van der Waals surface area contributed by atoms with E-state index in [2.05, 4.69) is 25.9 Å². The lowest BCUT2D eigenvalue weighted by molar-refractivity contribution is -0.138. The molecule has 0 aliphatic carbocycles. The minimum absolute atomic E-state index is 0.0479. The summed E-state index contributed by atoms with van der Waals surface area (Å²) in [6, 6.07) is 3.77. The number of amides is 1. The van der Waals surface area contributed by atoms with Crippen LogP contribution >= 0.6 is 15.9 Å². The second-order valence-electron chi connectivity index (χ2n) is 5.89. The average molecular weight is 462 g/mol. The van der Waals surface area contributed by atoms with Crippen molar-refractivity contribution in [3.05, 3.63) is 46.2 Å². The summed E-state index contributed by atoms with van der Waals surface area (Å²) in [6.07, 6.45) is -2.51. The number of aliphatic hydroxyl groups is 1. The Kier molecular flexibility index (Phi) is 6.16. The second-order valence-corrected chi connectivity index (χ2v) is 6.75. The molecule has 2 heterocycles. The van der Waals surface area contributed by atoms with Crippen LogP contribution in [-0.4, -0.2) is 46.8 Å². The molecule has 1 amide bonds. The molecular weight excluding hydrogens is 447 g/mol. The Labute approximate surface area is 166 Å². The Bertz CT molecular complexity index is 849. The minimum Gasteiger partial charge on any atom is -0.486 e. The summed E-state index contributed by atoms with van der Waals surface area (Å²) in [4.78, 5) is 21.2. The number of alkyl halides is 3. The molecule has 0 radical (unpaired) electrons. The normalized spacial score (nSPS) is 17.7. The smallest absolute Gasteiger partial charge is 0.416 e. The van der Waals surface area contributed by atoms with E-state index in [0.29, 0.717) is 0 Å². The number of rotatable bonds is 5. The van der Waals surface area contributed by atoms with Gasteiger partial charge in [-0.25, -0.2) is 9.97 Å². The number of halogens is 4. The van der Waals surface area contributed by atoms with Crippen molar-refractivity contribution < 1.29 is 32.5 Å². The lowest BCUT2D eigenvalue weighted by Crippen LogP contribution is -2.48. The third kappa shape index (κ3) is 4.59. The van der Waals surface area contributed by atoms with Gasteiger partial charge in [0.1, 0.15) is 13.2 Å². The first-order chi connectivity index (χ1) is 13.3. The van der Waals surface area contributed by atoms with Crippen LogP contribution in [0.25, 0.3) is 0 Å². The van der Waals surface area contributed by atoms with Crippen molar-refractivity contribution in [1.29, 1.82) is 0 Å². The molecule has 1 aromatic carbocycles. The van der Waals surface area contributed by atoms with Gasteiger partial charge in [0, 0.05) is 10.0 Å². The van der Waals surface area contributed by atoms with Gasteiger partial charge < -0.3 is 14.6 Å². The molecule has 2 aromatic rings. The van der Waals surface area contributed by atoms with Crippen LogP contribution < -0.4 is 9.64 Å². The SMILES string of the molecule is O=C1COC(CO)CN1c1ncc(OCc2c(Br)cccc2C(F)(F)F)cn1. The van der Waals surface area contributed by atoms with E-state index < -0.39 is 17.8 Å². The summed E-state index contributed by atoms with van der Waals surface area (Å²) < 4.78 is 50.2. The molecule has 3 rings (SSSR count). The first-order valence-electron chi connectivity index (χ1n) is 8.12. The van der Waals surface area contributed by atoms with Crippen molar-refractivity contribution in [3.8, 4) is 5.75 Å². The molecular formula is C17H15BrF3N3O4. The van der Waals surface area contributed by atoms with E-state index >= 15 is 0 Å². The van der Waals surface area contributed by atoms with Crippen LogP contribution in [0.4, 0.5) is 19.1 Å². The predicted octanol–water partition coefficient (Wildman–Crippen LogP) is 2.56. The van der Waals surface area contributed by atoms with Crippen molar-refractivity contribution in [3.63, 3.8) is 0 Å². The second kappa shape index (κ2) is 8.41. The largest absolute Gasteiger partial charge is 0.486 e. The average Bonchev–Trinajstić information content (AvgIpc) is 2.67. The van der Waals surface area contributed by atoms with Gasteiger partial charge in [-0.15, -0.1) is 0 Å². The van der Waals surface area contributed by atoms with Crippen LogP contribution in [-0.2, 0) is 22.3 Å². The molecule has 1 saturated heterocycles. The maximum Gasteiger partial charge on any atom is 0.416 e. The summed E-state index contributed by atoms with van der Waals surface area (Å²) in [5.74, 6) is -0.121. The summed E-state index contributed by atoms with van der Waals surface area (Å²) >= 11 is 3.11. The zero-order valence-electron chi connectivity index (χ0n) is 14.3. The minimum atomic E-state index is -4.51. The number of benzene rings is 1. The summed E-state index contributed by atoms with van der Waals surface area (Å²) in [6.45, 7) is -0.697. The highest BCUT2D eigenvalue weighted by Crippen LogP contribution is 2.35. The van der Waals surface area contributed by atoms with E-state index in [1.165, 1.54) is 29.4 Å². The van der Waals surface area contributed by atoms with Crippen molar-refractivity contribution in [2.75, 3.05) is 24.7 Å². The number of anilines is 1. The maximum absolute atomic E-state index is 13.1. The summed E-state index contributed by atoms with van der Waals surface area (Å²) in [5.41, 5.74) is -0.846. The highest BCUT2D eigenvalue weighted by atomic mass is 79.9. The van der Waals surface area contributed by atoms with E-state index in [1.807, 2.05) is 0 Å². The number of nitrogens with zero attached hydrogens (tertiary/aromatic N) is 3. The summed E-state index contributed by atoms with van der Waals surface area (Å²) in [5, 5.41) is 9.16. The molecule has 1 aromatic heterocycles. The van der Waals surface area contributed by atoms with Crippen LogP contribution in [0.3, 0.4) is 0 Å². The Morgan fingerprint density at radius 1 is 1.32 bits per heavy atom. The van der Waals surface area contributed by atoms with Gasteiger partial charge in [0.2, 0.25) is 5.95 Å². The monoisotopic (exact) mass is 461 g/mol. The Hall–Kier alpha value is -2.24. The lowest BCUT2D eigenvalue weighted by atomic mass is 10.1. The number of aliphatic hydroxyl groups excluding tert-OH is 1. The van der Waals surface area contributed by atoms with E-state index in [-0.39, 0.29) is 54.0 Å². The topological polar surface area (TPSA) is 84.8 Å². The molecule has 0 saturated carbocycles. The molecule has 0 bridgehead atoms. The molecule has 1 atom stereocenters. The third-order valence-electron chi connectivity index (χ3n) is 4.00. The fraction of sp³-hybridized carbons (Fsp3) is 0.353. The number of ether oxygens (including phenoxy) is 2. The molecule has 1 aliphatic heterocycles. The van der Waals surface area contributed by atoms with Gasteiger partial charge >= 0.3 is 6.18 Å². The first kappa shape index (κ1) is 20.5. The van der Waals surface area contributed by atoms with Gasteiger partial charge in [-0.2, -0.15) is 13.2 Å². The van der Waals surface area contributed by atoms with Crippen LogP contribution in [0, 0.1) is 0 Å². The standard InChI is InChI=1S/C17H15BrF3N3O4/c18-14-3-1-2-13(17(19,20)21)12(14)8-27-10-4-22-16(23-5-10)24-6-11(7-25)28-9-15(24)26/h1-5,11,25H,6-9H2. The third-order valence-corrected chi connectivity index (χ3v) is 4.74. The van der Waals surface area contributed by atoms with E-state index in [9.17, 15) is 18.0 Å². The number of carbonyl (C=O) groups is 1. The van der Waals surface area contributed by atoms with Gasteiger partial charge in [0.05, 0.1) is 37.2 Å². The molecule has 1 fully saturated rings. The zero-order chi connectivity index (χ0) is 20.3. The van der Waals surface area contributed by atoms with Crippen molar-refractivity contribution in [1.82, 2.24) is 9.97 Å². The molecule has 1 aliphatic rings. The highest BCUT2D eigenvalue weighted by Gasteiger charge is 2.34. The fourth-order valence-corrected chi connectivity index (χ4v) is 3.06. The Balaban J connectivity index is 1.72. The van der Waals surface area contributed by atoms with Crippen LogP contribution in [0.5, 0.6) is 5.75 Å². The number of hydrogen-bond acceptors (Lipinski definition) is 6. The molecule has 150 valence electrons. The number of aromatic nitrogens is 2. The Morgan fingerprint density at radius 2 is 2.04 bits per heavy atom. The van der Waals surface area contributed by atoms with E-state index in [4.69, 9.17) is 14.6 Å². The van der Waals surface area contributed by atoms with E-state index in [1.54, 1.807) is 0 Å². The highest BCUT2D eigenvalue weighted by molar-refractivity contribution is 9.10. The number of morpholine rings is 1. The fourth-order valence-electron chi connectivity index (χ4n) is 2.58. The van der Waals surface area contributed by atoms with Gasteiger partial charge in [-0.05, 0) is 12.1 Å². The number of carbonyl (C=O) groups excluding carboxylic acids is 1.